The number of halogens is 2. The van der Waals surface area contributed by atoms with Crippen molar-refractivity contribution in [3.8, 4) is 17.1 Å². The minimum atomic E-state index is -0.330. The Labute approximate surface area is 172 Å². The maximum atomic E-state index is 13.1. The number of aromatic nitrogens is 2. The first-order valence-corrected chi connectivity index (χ1v) is 9.64. The molecule has 3 aromatic rings. The van der Waals surface area contributed by atoms with E-state index in [0.29, 0.717) is 34.6 Å². The van der Waals surface area contributed by atoms with Gasteiger partial charge in [0.15, 0.2) is 0 Å². The van der Waals surface area contributed by atoms with Crippen LogP contribution in [0.15, 0.2) is 47.0 Å². The number of hydrogen-bond acceptors (Lipinski definition) is 5. The first-order valence-electron chi connectivity index (χ1n) is 9.26. The highest BCUT2D eigenvalue weighted by atomic mass is 35.5. The average molecular weight is 416 g/mol. The predicted molar refractivity (Wildman–Crippen MR) is 105 cm³/mol. The Morgan fingerprint density at radius 2 is 2.10 bits per heavy atom. The molecule has 1 fully saturated rings. The molecule has 0 spiro atoms. The minimum Gasteiger partial charge on any atom is -0.495 e. The molecule has 4 rings (SSSR count). The molecule has 6 nitrogen and oxygen atoms in total. The van der Waals surface area contributed by atoms with Gasteiger partial charge in [-0.2, -0.15) is 4.98 Å². The number of carbonyl (C=O) groups excluding carboxylic acids is 1. The van der Waals surface area contributed by atoms with E-state index in [1.807, 2.05) is 6.07 Å². The summed E-state index contributed by atoms with van der Waals surface area (Å²) in [6.45, 7) is 0.627. The van der Waals surface area contributed by atoms with E-state index >= 15 is 0 Å². The van der Waals surface area contributed by atoms with Gasteiger partial charge in [-0.15, -0.1) is 0 Å². The standard InChI is InChI=1S/C21H19ClFN3O3/c1-28-18-9-4-13(11-16(18)22)12-19(27)26-10-2-3-17(26)21-24-20(25-29-21)14-5-7-15(23)8-6-14/h4-9,11,17H,2-3,10,12H2,1H3/t17-/m0/s1. The Bertz CT molecular complexity index is 1020. The average Bonchev–Trinajstić information content (AvgIpc) is 3.38. The van der Waals surface area contributed by atoms with Crippen molar-refractivity contribution in [2.75, 3.05) is 13.7 Å². The van der Waals surface area contributed by atoms with Gasteiger partial charge in [-0.25, -0.2) is 4.39 Å². The Morgan fingerprint density at radius 3 is 2.83 bits per heavy atom. The number of amides is 1. The normalized spacial score (nSPS) is 16.2. The Balaban J connectivity index is 1.49. The molecular formula is C21H19ClFN3O3. The zero-order valence-electron chi connectivity index (χ0n) is 15.8. The lowest BCUT2D eigenvalue weighted by Crippen LogP contribution is -2.32. The third-order valence-electron chi connectivity index (χ3n) is 4.97. The van der Waals surface area contributed by atoms with Crippen molar-refractivity contribution in [3.05, 3.63) is 64.8 Å². The summed E-state index contributed by atoms with van der Waals surface area (Å²) in [4.78, 5) is 19.1. The molecule has 8 heteroatoms. The number of hydrogen-bond donors (Lipinski definition) is 0. The minimum absolute atomic E-state index is 0.0322. The van der Waals surface area contributed by atoms with E-state index in [9.17, 15) is 9.18 Å². The third-order valence-corrected chi connectivity index (χ3v) is 5.27. The number of benzene rings is 2. The topological polar surface area (TPSA) is 68.5 Å². The second-order valence-electron chi connectivity index (χ2n) is 6.85. The van der Waals surface area contributed by atoms with Crippen LogP contribution in [-0.4, -0.2) is 34.6 Å². The highest BCUT2D eigenvalue weighted by Crippen LogP contribution is 2.33. The molecule has 0 bridgehead atoms. The molecule has 29 heavy (non-hydrogen) atoms. The maximum absolute atomic E-state index is 13.1. The molecule has 1 aliphatic heterocycles. The van der Waals surface area contributed by atoms with E-state index < -0.39 is 0 Å². The number of likely N-dealkylation sites (tertiary alicyclic amines) is 1. The number of methoxy groups -OCH3 is 1. The molecule has 0 N–H and O–H groups in total. The van der Waals surface area contributed by atoms with E-state index in [1.165, 1.54) is 12.1 Å². The Kier molecular flexibility index (Phi) is 5.49. The van der Waals surface area contributed by atoms with Gasteiger partial charge in [-0.05, 0) is 54.8 Å². The Morgan fingerprint density at radius 1 is 1.31 bits per heavy atom. The van der Waals surface area contributed by atoms with Crippen molar-refractivity contribution in [2.45, 2.75) is 25.3 Å². The fourth-order valence-electron chi connectivity index (χ4n) is 3.50. The quantitative estimate of drug-likeness (QED) is 0.616. The van der Waals surface area contributed by atoms with Crippen LogP contribution < -0.4 is 4.74 Å². The lowest BCUT2D eigenvalue weighted by molar-refractivity contribution is -0.131. The molecule has 150 valence electrons. The molecule has 0 unspecified atom stereocenters. The first kappa shape index (κ1) is 19.4. The van der Waals surface area contributed by atoms with E-state index in [0.717, 1.165) is 18.4 Å². The molecule has 1 saturated heterocycles. The number of ether oxygens (including phenoxy) is 1. The highest BCUT2D eigenvalue weighted by Gasteiger charge is 2.34. The largest absolute Gasteiger partial charge is 0.495 e. The monoisotopic (exact) mass is 415 g/mol. The summed E-state index contributed by atoms with van der Waals surface area (Å²) in [7, 11) is 1.55. The van der Waals surface area contributed by atoms with Crippen molar-refractivity contribution in [3.63, 3.8) is 0 Å². The second kappa shape index (κ2) is 8.21. The van der Waals surface area contributed by atoms with Crippen molar-refractivity contribution >= 4 is 17.5 Å². The van der Waals surface area contributed by atoms with Crippen LogP contribution in [0.25, 0.3) is 11.4 Å². The van der Waals surface area contributed by atoms with Gasteiger partial charge in [0.05, 0.1) is 18.6 Å². The summed E-state index contributed by atoms with van der Waals surface area (Å²) in [5.41, 5.74) is 1.47. The fraction of sp³-hybridized carbons (Fsp3) is 0.286. The van der Waals surface area contributed by atoms with Crippen LogP contribution in [0.3, 0.4) is 0 Å². The van der Waals surface area contributed by atoms with Crippen LogP contribution in [0.5, 0.6) is 5.75 Å². The van der Waals surface area contributed by atoms with Crippen LogP contribution in [0.4, 0.5) is 4.39 Å². The van der Waals surface area contributed by atoms with Gasteiger partial charge in [-0.3, -0.25) is 4.79 Å². The Hall–Kier alpha value is -2.93. The smallest absolute Gasteiger partial charge is 0.249 e. The summed E-state index contributed by atoms with van der Waals surface area (Å²) >= 11 is 6.16. The van der Waals surface area contributed by atoms with Crippen LogP contribution in [-0.2, 0) is 11.2 Å². The van der Waals surface area contributed by atoms with Crippen LogP contribution in [0.1, 0.15) is 30.3 Å². The molecule has 1 aromatic heterocycles. The molecule has 1 atom stereocenters. The lowest BCUT2D eigenvalue weighted by Gasteiger charge is -2.22. The van der Waals surface area contributed by atoms with Crippen LogP contribution >= 0.6 is 11.6 Å². The van der Waals surface area contributed by atoms with Crippen molar-refractivity contribution in [1.29, 1.82) is 0 Å². The number of carbonyl (C=O) groups is 1. The molecule has 0 radical (unpaired) electrons. The van der Waals surface area contributed by atoms with Gasteiger partial charge in [-0.1, -0.05) is 22.8 Å². The van der Waals surface area contributed by atoms with Gasteiger partial charge in [0, 0.05) is 12.1 Å². The molecule has 0 aliphatic carbocycles. The number of rotatable bonds is 5. The first-order chi connectivity index (χ1) is 14.0. The maximum Gasteiger partial charge on any atom is 0.249 e. The van der Waals surface area contributed by atoms with Crippen molar-refractivity contribution in [2.24, 2.45) is 0 Å². The summed E-state index contributed by atoms with van der Waals surface area (Å²) in [5, 5.41) is 4.46. The second-order valence-corrected chi connectivity index (χ2v) is 7.26. The zero-order valence-corrected chi connectivity index (χ0v) is 16.5. The fourth-order valence-corrected chi connectivity index (χ4v) is 3.79. The van der Waals surface area contributed by atoms with Crippen molar-refractivity contribution < 1.29 is 18.4 Å². The summed E-state index contributed by atoms with van der Waals surface area (Å²) < 4.78 is 23.7. The number of nitrogens with zero attached hydrogens (tertiary/aromatic N) is 3. The van der Waals surface area contributed by atoms with Crippen LogP contribution in [0.2, 0.25) is 5.02 Å². The molecule has 2 aromatic carbocycles. The van der Waals surface area contributed by atoms with Gasteiger partial charge < -0.3 is 14.2 Å². The van der Waals surface area contributed by atoms with Gasteiger partial charge in [0.1, 0.15) is 17.6 Å². The van der Waals surface area contributed by atoms with Gasteiger partial charge >= 0.3 is 0 Å². The molecule has 0 saturated carbocycles. The van der Waals surface area contributed by atoms with Gasteiger partial charge in [0.25, 0.3) is 0 Å². The zero-order chi connectivity index (χ0) is 20.4. The molecule has 1 aliphatic rings. The van der Waals surface area contributed by atoms with Crippen LogP contribution in [0, 0.1) is 5.82 Å². The predicted octanol–water partition coefficient (Wildman–Crippen LogP) is 4.44. The summed E-state index contributed by atoms with van der Waals surface area (Å²) in [6.07, 6.45) is 1.83. The summed E-state index contributed by atoms with van der Waals surface area (Å²) in [6, 6.07) is 10.9. The van der Waals surface area contributed by atoms with Gasteiger partial charge in [0.2, 0.25) is 17.6 Å². The molecule has 2 heterocycles. The molecular weight excluding hydrogens is 397 g/mol. The third kappa shape index (κ3) is 4.10. The SMILES string of the molecule is COc1ccc(CC(=O)N2CCC[C@H]2c2nc(-c3ccc(F)cc3)no2)cc1Cl. The van der Waals surface area contributed by atoms with E-state index in [2.05, 4.69) is 10.1 Å². The summed E-state index contributed by atoms with van der Waals surface area (Å²) in [5.74, 6) is 0.976. The lowest BCUT2D eigenvalue weighted by atomic mass is 10.1. The highest BCUT2D eigenvalue weighted by molar-refractivity contribution is 6.32. The van der Waals surface area contributed by atoms with Crippen molar-refractivity contribution in [1.82, 2.24) is 15.0 Å². The van der Waals surface area contributed by atoms with E-state index in [-0.39, 0.29) is 24.2 Å². The van der Waals surface area contributed by atoms with E-state index in [4.69, 9.17) is 20.9 Å². The molecule has 1 amide bonds. The van der Waals surface area contributed by atoms with E-state index in [1.54, 1.807) is 36.3 Å².